The number of aromatic nitrogens is 1. The third kappa shape index (κ3) is 2.56. The van der Waals surface area contributed by atoms with Gasteiger partial charge in [0.05, 0.1) is 25.5 Å². The average molecular weight is 296 g/mol. The Morgan fingerprint density at radius 1 is 1.09 bits per heavy atom. The number of ether oxygens (including phenoxy) is 2. The molecule has 1 aliphatic rings. The summed E-state index contributed by atoms with van der Waals surface area (Å²) in [5.74, 6) is 1.10. The fourth-order valence-electron chi connectivity index (χ4n) is 2.86. The van der Waals surface area contributed by atoms with Crippen molar-refractivity contribution in [2.45, 2.75) is 25.8 Å². The van der Waals surface area contributed by atoms with Gasteiger partial charge in [-0.25, -0.2) is 4.98 Å². The Hall–Kier alpha value is -2.36. The molecule has 2 aromatic rings. The van der Waals surface area contributed by atoms with Gasteiger partial charge in [0.15, 0.2) is 5.75 Å². The maximum atomic E-state index is 5.37. The Balaban J connectivity index is 2.15. The van der Waals surface area contributed by atoms with Crippen molar-refractivity contribution in [3.63, 3.8) is 0 Å². The molecule has 1 aliphatic heterocycles. The number of rotatable bonds is 3. The SMILES string of the molecule is COc1cc(C2=NC(C)(C)Cc3ccccc32)cnc1OC. The van der Waals surface area contributed by atoms with E-state index in [0.29, 0.717) is 11.6 Å². The van der Waals surface area contributed by atoms with Gasteiger partial charge in [0.25, 0.3) is 5.88 Å². The van der Waals surface area contributed by atoms with Crippen LogP contribution in [0.1, 0.15) is 30.5 Å². The molecule has 2 heterocycles. The van der Waals surface area contributed by atoms with Crippen molar-refractivity contribution in [2.24, 2.45) is 4.99 Å². The van der Waals surface area contributed by atoms with E-state index in [0.717, 1.165) is 23.3 Å². The molecule has 0 atom stereocenters. The van der Waals surface area contributed by atoms with Crippen LogP contribution in [0.4, 0.5) is 0 Å². The van der Waals surface area contributed by atoms with Gasteiger partial charge in [-0.15, -0.1) is 0 Å². The lowest BCUT2D eigenvalue weighted by atomic mass is 9.85. The number of nitrogens with zero attached hydrogens (tertiary/aromatic N) is 2. The van der Waals surface area contributed by atoms with Crippen molar-refractivity contribution in [1.29, 1.82) is 0 Å². The summed E-state index contributed by atoms with van der Waals surface area (Å²) in [6.45, 7) is 4.30. The van der Waals surface area contributed by atoms with Gasteiger partial charge in [-0.2, -0.15) is 0 Å². The van der Waals surface area contributed by atoms with Gasteiger partial charge in [0.1, 0.15) is 0 Å². The number of methoxy groups -OCH3 is 2. The molecule has 4 nitrogen and oxygen atoms in total. The molecule has 0 saturated heterocycles. The average Bonchev–Trinajstić information content (AvgIpc) is 2.52. The quantitative estimate of drug-likeness (QED) is 0.873. The third-order valence-electron chi connectivity index (χ3n) is 3.81. The van der Waals surface area contributed by atoms with E-state index in [1.165, 1.54) is 5.56 Å². The first-order valence-electron chi connectivity index (χ1n) is 7.30. The molecule has 3 rings (SSSR count). The number of hydrogen-bond donors (Lipinski definition) is 0. The largest absolute Gasteiger partial charge is 0.491 e. The summed E-state index contributed by atoms with van der Waals surface area (Å²) >= 11 is 0. The lowest BCUT2D eigenvalue weighted by molar-refractivity contribution is 0.343. The number of benzene rings is 1. The molecule has 0 amide bonds. The fraction of sp³-hybridized carbons (Fsp3) is 0.333. The van der Waals surface area contributed by atoms with Crippen molar-refractivity contribution in [2.75, 3.05) is 14.2 Å². The predicted molar refractivity (Wildman–Crippen MR) is 87.2 cm³/mol. The monoisotopic (exact) mass is 296 g/mol. The maximum absolute atomic E-state index is 5.37. The van der Waals surface area contributed by atoms with Crippen molar-refractivity contribution in [3.8, 4) is 11.6 Å². The van der Waals surface area contributed by atoms with Gasteiger partial charge in [-0.3, -0.25) is 4.99 Å². The van der Waals surface area contributed by atoms with E-state index in [9.17, 15) is 0 Å². The minimum Gasteiger partial charge on any atom is -0.491 e. The van der Waals surface area contributed by atoms with Gasteiger partial charge in [0, 0.05) is 17.3 Å². The highest BCUT2D eigenvalue weighted by molar-refractivity contribution is 6.14. The van der Waals surface area contributed by atoms with Crippen LogP contribution < -0.4 is 9.47 Å². The predicted octanol–water partition coefficient (Wildman–Crippen LogP) is 3.27. The molecule has 0 N–H and O–H groups in total. The molecule has 0 saturated carbocycles. The summed E-state index contributed by atoms with van der Waals surface area (Å²) < 4.78 is 10.6. The molecule has 1 aromatic heterocycles. The fourth-order valence-corrected chi connectivity index (χ4v) is 2.86. The Bertz CT molecular complexity index is 736. The first-order chi connectivity index (χ1) is 10.5. The van der Waals surface area contributed by atoms with Crippen molar-refractivity contribution in [1.82, 2.24) is 4.98 Å². The van der Waals surface area contributed by atoms with E-state index in [1.807, 2.05) is 12.1 Å². The summed E-state index contributed by atoms with van der Waals surface area (Å²) in [7, 11) is 3.20. The maximum Gasteiger partial charge on any atom is 0.256 e. The molecule has 0 unspecified atom stereocenters. The zero-order chi connectivity index (χ0) is 15.7. The first kappa shape index (κ1) is 14.6. The lowest BCUT2D eigenvalue weighted by Gasteiger charge is -2.29. The lowest BCUT2D eigenvalue weighted by Crippen LogP contribution is -2.29. The van der Waals surface area contributed by atoms with Crippen LogP contribution in [0.15, 0.2) is 41.5 Å². The number of pyridine rings is 1. The highest BCUT2D eigenvalue weighted by Gasteiger charge is 2.27. The highest BCUT2D eigenvalue weighted by atomic mass is 16.5. The second-order valence-corrected chi connectivity index (χ2v) is 6.04. The number of hydrogen-bond acceptors (Lipinski definition) is 4. The second-order valence-electron chi connectivity index (χ2n) is 6.04. The van der Waals surface area contributed by atoms with Crippen LogP contribution in [0.3, 0.4) is 0 Å². The van der Waals surface area contributed by atoms with Crippen LogP contribution in [0.2, 0.25) is 0 Å². The van der Waals surface area contributed by atoms with E-state index in [2.05, 4.69) is 37.0 Å². The highest BCUT2D eigenvalue weighted by Crippen LogP contribution is 2.31. The Morgan fingerprint density at radius 3 is 2.59 bits per heavy atom. The van der Waals surface area contributed by atoms with Crippen molar-refractivity contribution < 1.29 is 9.47 Å². The molecule has 0 fully saturated rings. The Labute approximate surface area is 130 Å². The van der Waals surface area contributed by atoms with Gasteiger partial charge in [-0.05, 0) is 31.9 Å². The van der Waals surface area contributed by atoms with Gasteiger partial charge >= 0.3 is 0 Å². The van der Waals surface area contributed by atoms with Crippen molar-refractivity contribution in [3.05, 3.63) is 53.2 Å². The van der Waals surface area contributed by atoms with E-state index in [4.69, 9.17) is 14.5 Å². The van der Waals surface area contributed by atoms with Crippen LogP contribution in [-0.4, -0.2) is 30.5 Å². The van der Waals surface area contributed by atoms with E-state index in [1.54, 1.807) is 20.4 Å². The molecule has 1 aromatic carbocycles. The van der Waals surface area contributed by atoms with E-state index >= 15 is 0 Å². The van der Waals surface area contributed by atoms with Crippen LogP contribution in [0.5, 0.6) is 11.6 Å². The zero-order valence-electron chi connectivity index (χ0n) is 13.4. The Kier molecular flexibility index (Phi) is 3.61. The molecular weight excluding hydrogens is 276 g/mol. The minimum atomic E-state index is -0.128. The van der Waals surface area contributed by atoms with Gasteiger partial charge < -0.3 is 9.47 Å². The standard InChI is InChI=1S/C18H20N2O2/c1-18(2)10-12-7-5-6-8-14(12)16(20-18)13-9-15(21-3)17(22-4)19-11-13/h5-9,11H,10H2,1-4H3. The van der Waals surface area contributed by atoms with Crippen LogP contribution in [0.25, 0.3) is 0 Å². The van der Waals surface area contributed by atoms with Crippen molar-refractivity contribution >= 4 is 5.71 Å². The molecule has 22 heavy (non-hydrogen) atoms. The molecular formula is C18H20N2O2. The molecule has 0 spiro atoms. The first-order valence-corrected chi connectivity index (χ1v) is 7.30. The van der Waals surface area contributed by atoms with Crippen LogP contribution in [0, 0.1) is 0 Å². The van der Waals surface area contributed by atoms with Gasteiger partial charge in [-0.1, -0.05) is 24.3 Å². The Morgan fingerprint density at radius 2 is 1.86 bits per heavy atom. The van der Waals surface area contributed by atoms with Crippen LogP contribution in [-0.2, 0) is 6.42 Å². The normalized spacial score (nSPS) is 15.7. The zero-order valence-corrected chi connectivity index (χ0v) is 13.4. The smallest absolute Gasteiger partial charge is 0.256 e. The van der Waals surface area contributed by atoms with E-state index < -0.39 is 0 Å². The van der Waals surface area contributed by atoms with Crippen LogP contribution >= 0.6 is 0 Å². The topological polar surface area (TPSA) is 43.7 Å². The minimum absolute atomic E-state index is 0.128. The summed E-state index contributed by atoms with van der Waals surface area (Å²) in [4.78, 5) is 9.27. The molecule has 114 valence electrons. The summed E-state index contributed by atoms with van der Waals surface area (Å²) in [5.41, 5.74) is 4.25. The number of aliphatic imine (C=N–C) groups is 1. The summed E-state index contributed by atoms with van der Waals surface area (Å²) in [5, 5.41) is 0. The molecule has 0 bridgehead atoms. The second kappa shape index (κ2) is 5.44. The van der Waals surface area contributed by atoms with E-state index in [-0.39, 0.29) is 5.54 Å². The summed E-state index contributed by atoms with van der Waals surface area (Å²) in [6.07, 6.45) is 2.73. The number of fused-ring (bicyclic) bond motifs is 1. The molecule has 0 aliphatic carbocycles. The molecule has 0 radical (unpaired) electrons. The summed E-state index contributed by atoms with van der Waals surface area (Å²) in [6, 6.07) is 10.3. The third-order valence-corrected chi connectivity index (χ3v) is 3.81. The van der Waals surface area contributed by atoms with Gasteiger partial charge in [0.2, 0.25) is 0 Å². The molecule has 4 heteroatoms.